The van der Waals surface area contributed by atoms with Crippen LogP contribution in [0.5, 0.6) is 5.75 Å². The van der Waals surface area contributed by atoms with Crippen LogP contribution in [0.3, 0.4) is 0 Å². The molecular weight excluding hydrogens is 535 g/mol. The number of hydrogen-bond donors (Lipinski definition) is 0. The molecule has 0 aliphatic rings. The van der Waals surface area contributed by atoms with Crippen molar-refractivity contribution in [1.82, 2.24) is 4.90 Å². The van der Waals surface area contributed by atoms with Gasteiger partial charge in [0.25, 0.3) is 0 Å². The van der Waals surface area contributed by atoms with E-state index in [2.05, 4.69) is 19.6 Å². The maximum atomic E-state index is 13.4. The number of carbonyl (C=O) groups is 1. The Bertz CT molecular complexity index is 1140. The van der Waals surface area contributed by atoms with Gasteiger partial charge in [-0.1, -0.05) is 74.3 Å². The minimum absolute atomic E-state index is 0.0740. The quantitative estimate of drug-likeness (QED) is 0.148. The van der Waals surface area contributed by atoms with Crippen molar-refractivity contribution in [3.63, 3.8) is 0 Å². The molecule has 0 N–H and O–H groups in total. The first-order valence-corrected chi connectivity index (χ1v) is 21.7. The number of benzene rings is 2. The Kier molecular flexibility index (Phi) is 11.8. The van der Waals surface area contributed by atoms with Crippen molar-refractivity contribution in [2.75, 3.05) is 18.6 Å². The van der Waals surface area contributed by atoms with Gasteiger partial charge in [-0.25, -0.2) is 13.2 Å². The minimum Gasteiger partial charge on any atom is -0.497 e. The lowest BCUT2D eigenvalue weighted by Crippen LogP contribution is -2.50. The fourth-order valence-corrected chi connectivity index (χ4v) is 6.82. The molecule has 0 fully saturated rings. The van der Waals surface area contributed by atoms with Crippen LogP contribution in [0.4, 0.5) is 4.79 Å². The molecule has 2 aromatic carbocycles. The number of carbonyl (C=O) groups excluding carboxylic acids is 1. The molecule has 0 aromatic heterocycles. The zero-order valence-electron chi connectivity index (χ0n) is 23.8. The summed E-state index contributed by atoms with van der Waals surface area (Å²) in [7, 11) is -5.55. The van der Waals surface area contributed by atoms with Gasteiger partial charge in [0, 0.05) is 8.07 Å². The molecule has 7 nitrogen and oxygen atoms in total. The highest BCUT2D eigenvalue weighted by molar-refractivity contribution is 7.91. The molecule has 1 unspecified atom stereocenters. The number of ether oxygens (including phenoxy) is 2. The smallest absolute Gasteiger partial charge is 0.412 e. The summed E-state index contributed by atoms with van der Waals surface area (Å²) in [6.45, 7) is 12.8. The summed E-state index contributed by atoms with van der Waals surface area (Å²) in [5.41, 5.74) is 1.65. The average molecular weight is 578 g/mol. The first kappa shape index (κ1) is 31.8. The number of amides is 1. The van der Waals surface area contributed by atoms with E-state index in [9.17, 15) is 13.2 Å². The Balaban J connectivity index is 2.32. The van der Waals surface area contributed by atoms with Crippen molar-refractivity contribution in [3.05, 3.63) is 77.9 Å². The largest absolute Gasteiger partial charge is 0.497 e. The second-order valence-electron chi connectivity index (χ2n) is 11.5. The molecule has 0 aliphatic heterocycles. The lowest BCUT2D eigenvalue weighted by molar-refractivity contribution is 0.0150. The van der Waals surface area contributed by atoms with Gasteiger partial charge in [0.1, 0.15) is 18.6 Å². The summed E-state index contributed by atoms with van der Waals surface area (Å²) in [4.78, 5) is 14.8. The van der Waals surface area contributed by atoms with Gasteiger partial charge in [-0.05, 0) is 48.9 Å². The standard InChI is InChI=1S/C28H43NO6SSi2/c1-33-26-17-15-24(16-18-26)21-29(28(30)34-22-25-13-9-8-10-14-25)27(35-38(5,6)7)23-36(31,32)19-11-12-20-37(2,3)4/h8-18,27H,19-23H2,1-7H3/b12-11+. The van der Waals surface area contributed by atoms with Gasteiger partial charge in [-0.2, -0.15) is 0 Å². The number of nitrogens with zero attached hydrogens (tertiary/aromatic N) is 1. The van der Waals surface area contributed by atoms with E-state index in [0.717, 1.165) is 17.2 Å². The van der Waals surface area contributed by atoms with Crippen LogP contribution < -0.4 is 4.74 Å². The first-order chi connectivity index (χ1) is 17.7. The molecule has 38 heavy (non-hydrogen) atoms. The monoisotopic (exact) mass is 577 g/mol. The van der Waals surface area contributed by atoms with E-state index in [4.69, 9.17) is 13.9 Å². The fourth-order valence-electron chi connectivity index (χ4n) is 3.55. The molecule has 0 saturated heterocycles. The molecule has 210 valence electrons. The van der Waals surface area contributed by atoms with Crippen molar-refractivity contribution in [3.8, 4) is 5.75 Å². The number of rotatable bonds is 14. The molecule has 0 saturated carbocycles. The molecule has 1 amide bonds. The number of hydrogen-bond acceptors (Lipinski definition) is 6. The van der Waals surface area contributed by atoms with Crippen LogP contribution in [-0.4, -0.2) is 60.6 Å². The number of allylic oxidation sites excluding steroid dienone is 1. The highest BCUT2D eigenvalue weighted by Gasteiger charge is 2.34. The van der Waals surface area contributed by atoms with Crippen LogP contribution in [-0.2, 0) is 32.2 Å². The second kappa shape index (κ2) is 14.1. The first-order valence-electron chi connectivity index (χ1n) is 12.8. The van der Waals surface area contributed by atoms with Crippen molar-refractivity contribution < 1.29 is 27.1 Å². The lowest BCUT2D eigenvalue weighted by Gasteiger charge is -2.35. The van der Waals surface area contributed by atoms with Crippen LogP contribution in [0.1, 0.15) is 11.1 Å². The highest BCUT2D eigenvalue weighted by Crippen LogP contribution is 2.21. The molecule has 1 atom stereocenters. The molecular formula is C28H43NO6SSi2. The zero-order chi connectivity index (χ0) is 28.4. The van der Waals surface area contributed by atoms with Crippen LogP contribution in [0.25, 0.3) is 0 Å². The van der Waals surface area contributed by atoms with Gasteiger partial charge in [-0.3, -0.25) is 4.90 Å². The predicted octanol–water partition coefficient (Wildman–Crippen LogP) is 6.32. The molecule has 2 aromatic rings. The van der Waals surface area contributed by atoms with E-state index < -0.39 is 38.5 Å². The summed E-state index contributed by atoms with van der Waals surface area (Å²) in [5.74, 6) is 0.276. The summed E-state index contributed by atoms with van der Waals surface area (Å²) < 4.78 is 43.6. The van der Waals surface area contributed by atoms with E-state index in [1.807, 2.05) is 68.2 Å². The van der Waals surface area contributed by atoms with Crippen LogP contribution >= 0.6 is 0 Å². The topological polar surface area (TPSA) is 82.1 Å². The fraction of sp³-hybridized carbons (Fsp3) is 0.464. The van der Waals surface area contributed by atoms with Gasteiger partial charge in [0.15, 0.2) is 18.2 Å². The molecule has 10 heteroatoms. The third-order valence-corrected chi connectivity index (χ3v) is 9.37. The number of methoxy groups -OCH3 is 1. The Morgan fingerprint density at radius 3 is 2.11 bits per heavy atom. The molecule has 2 rings (SSSR count). The van der Waals surface area contributed by atoms with Crippen LogP contribution in [0.15, 0.2) is 66.7 Å². The molecule has 0 aliphatic carbocycles. The van der Waals surface area contributed by atoms with Crippen molar-refractivity contribution in [1.29, 1.82) is 0 Å². The van der Waals surface area contributed by atoms with Crippen molar-refractivity contribution in [2.24, 2.45) is 0 Å². The summed E-state index contributed by atoms with van der Waals surface area (Å²) in [6.07, 6.45) is 2.07. The molecule has 0 heterocycles. The Labute approximate surface area is 230 Å². The normalized spacial score (nSPS) is 13.3. The molecule has 0 radical (unpaired) electrons. The third-order valence-electron chi connectivity index (χ3n) is 5.43. The van der Waals surface area contributed by atoms with E-state index in [1.165, 1.54) is 4.90 Å². The maximum absolute atomic E-state index is 13.4. The second-order valence-corrected chi connectivity index (χ2v) is 23.7. The van der Waals surface area contributed by atoms with E-state index in [0.29, 0.717) is 5.75 Å². The predicted molar refractivity (Wildman–Crippen MR) is 159 cm³/mol. The van der Waals surface area contributed by atoms with Gasteiger partial charge in [0.2, 0.25) is 0 Å². The maximum Gasteiger partial charge on any atom is 0.412 e. The highest BCUT2D eigenvalue weighted by atomic mass is 32.2. The van der Waals surface area contributed by atoms with Gasteiger partial charge in [0.05, 0.1) is 25.2 Å². The van der Waals surface area contributed by atoms with E-state index in [-0.39, 0.29) is 24.7 Å². The average Bonchev–Trinajstić information content (AvgIpc) is 2.83. The Morgan fingerprint density at radius 1 is 0.921 bits per heavy atom. The Hall–Kier alpha value is -2.41. The van der Waals surface area contributed by atoms with Crippen molar-refractivity contribution in [2.45, 2.75) is 64.7 Å². The zero-order valence-corrected chi connectivity index (χ0v) is 26.6. The third kappa shape index (κ3) is 12.4. The van der Waals surface area contributed by atoms with Gasteiger partial charge >= 0.3 is 6.09 Å². The van der Waals surface area contributed by atoms with Gasteiger partial charge < -0.3 is 13.9 Å². The van der Waals surface area contributed by atoms with Crippen LogP contribution in [0.2, 0.25) is 45.3 Å². The minimum atomic E-state index is -3.56. The SMILES string of the molecule is COc1ccc(CN(C(=O)OCc2ccccc2)C(CS(=O)(=O)C/C=C/C[Si](C)(C)C)O[Si](C)(C)C)cc1. The molecule has 0 spiro atoms. The summed E-state index contributed by atoms with van der Waals surface area (Å²) in [5, 5.41) is 0. The van der Waals surface area contributed by atoms with E-state index >= 15 is 0 Å². The summed E-state index contributed by atoms with van der Waals surface area (Å²) in [6, 6.07) is 17.6. The Morgan fingerprint density at radius 2 is 1.55 bits per heavy atom. The van der Waals surface area contributed by atoms with Crippen LogP contribution in [0, 0.1) is 0 Å². The molecule has 0 bridgehead atoms. The summed E-state index contributed by atoms with van der Waals surface area (Å²) >= 11 is 0. The number of sulfone groups is 1. The van der Waals surface area contributed by atoms with Crippen molar-refractivity contribution >= 4 is 32.3 Å². The van der Waals surface area contributed by atoms with Gasteiger partial charge in [-0.15, -0.1) is 0 Å². The lowest BCUT2D eigenvalue weighted by atomic mass is 10.2. The van der Waals surface area contributed by atoms with E-state index in [1.54, 1.807) is 25.3 Å².